The SMILES string of the molecule is CC1(CN)CCN(C(=O)C2=Cc3cc(Br)ccc3OC2)C1.Cl. The number of fused-ring (bicyclic) bond motifs is 1. The molecule has 1 saturated heterocycles. The molecular formula is C16H20BrClN2O2. The highest BCUT2D eigenvalue weighted by atomic mass is 79.9. The Morgan fingerprint density at radius 1 is 1.50 bits per heavy atom. The number of rotatable bonds is 2. The zero-order valence-corrected chi connectivity index (χ0v) is 14.9. The first kappa shape index (κ1) is 17.3. The predicted octanol–water partition coefficient (Wildman–Crippen LogP) is 2.84. The van der Waals surface area contributed by atoms with Crippen LogP contribution >= 0.6 is 28.3 Å². The fourth-order valence-electron chi connectivity index (χ4n) is 2.84. The molecule has 22 heavy (non-hydrogen) atoms. The summed E-state index contributed by atoms with van der Waals surface area (Å²) in [5, 5.41) is 0. The van der Waals surface area contributed by atoms with E-state index in [1.807, 2.05) is 29.2 Å². The second-order valence-electron chi connectivity index (χ2n) is 6.13. The van der Waals surface area contributed by atoms with E-state index in [2.05, 4.69) is 22.9 Å². The van der Waals surface area contributed by atoms with E-state index < -0.39 is 0 Å². The van der Waals surface area contributed by atoms with Gasteiger partial charge in [0, 0.05) is 23.1 Å². The number of likely N-dealkylation sites (tertiary alicyclic amines) is 1. The molecule has 120 valence electrons. The van der Waals surface area contributed by atoms with Crippen molar-refractivity contribution in [2.24, 2.45) is 11.1 Å². The van der Waals surface area contributed by atoms with Gasteiger partial charge in [-0.3, -0.25) is 4.79 Å². The zero-order valence-electron chi connectivity index (χ0n) is 12.5. The molecule has 4 nitrogen and oxygen atoms in total. The van der Waals surface area contributed by atoms with Gasteiger partial charge in [0.15, 0.2) is 0 Å². The van der Waals surface area contributed by atoms with Gasteiger partial charge in [-0.2, -0.15) is 0 Å². The average Bonchev–Trinajstić information content (AvgIpc) is 2.89. The van der Waals surface area contributed by atoms with Crippen molar-refractivity contribution in [1.29, 1.82) is 0 Å². The third kappa shape index (κ3) is 3.31. The van der Waals surface area contributed by atoms with Gasteiger partial charge in [0.05, 0.1) is 5.57 Å². The van der Waals surface area contributed by atoms with E-state index in [1.54, 1.807) is 0 Å². The third-order valence-electron chi connectivity index (χ3n) is 4.30. The van der Waals surface area contributed by atoms with Gasteiger partial charge in [0.25, 0.3) is 5.91 Å². The van der Waals surface area contributed by atoms with Crippen molar-refractivity contribution < 1.29 is 9.53 Å². The first-order valence-corrected chi connectivity index (χ1v) is 7.92. The number of ether oxygens (including phenoxy) is 1. The highest BCUT2D eigenvalue weighted by Crippen LogP contribution is 2.32. The van der Waals surface area contributed by atoms with Gasteiger partial charge in [-0.15, -0.1) is 12.4 Å². The molecule has 0 bridgehead atoms. The van der Waals surface area contributed by atoms with Crippen LogP contribution < -0.4 is 10.5 Å². The van der Waals surface area contributed by atoms with E-state index in [9.17, 15) is 4.79 Å². The minimum atomic E-state index is 0. The lowest BCUT2D eigenvalue weighted by atomic mass is 9.90. The van der Waals surface area contributed by atoms with Crippen molar-refractivity contribution in [2.45, 2.75) is 13.3 Å². The molecule has 0 saturated carbocycles. The number of hydrogen-bond donors (Lipinski definition) is 1. The van der Waals surface area contributed by atoms with Crippen LogP contribution in [0.2, 0.25) is 0 Å². The molecule has 1 aromatic carbocycles. The number of carbonyl (C=O) groups excluding carboxylic acids is 1. The van der Waals surface area contributed by atoms with Gasteiger partial charge in [-0.25, -0.2) is 0 Å². The third-order valence-corrected chi connectivity index (χ3v) is 4.79. The molecule has 1 aromatic rings. The Hall–Kier alpha value is -1.04. The standard InChI is InChI=1S/C16H19BrN2O2.ClH/c1-16(9-18)4-5-19(10-16)15(20)12-6-11-7-13(17)2-3-14(11)21-8-12;/h2-3,6-7H,4-5,8-10,18H2,1H3;1H. The fraction of sp³-hybridized carbons (Fsp3) is 0.438. The van der Waals surface area contributed by atoms with Crippen molar-refractivity contribution in [1.82, 2.24) is 4.90 Å². The molecule has 0 spiro atoms. The molecule has 2 aliphatic heterocycles. The van der Waals surface area contributed by atoms with E-state index in [0.717, 1.165) is 35.3 Å². The van der Waals surface area contributed by atoms with Gasteiger partial charge in [0.2, 0.25) is 0 Å². The summed E-state index contributed by atoms with van der Waals surface area (Å²) in [4.78, 5) is 14.5. The van der Waals surface area contributed by atoms with Gasteiger partial charge < -0.3 is 15.4 Å². The number of hydrogen-bond acceptors (Lipinski definition) is 3. The molecule has 0 radical (unpaired) electrons. The Morgan fingerprint density at radius 2 is 2.27 bits per heavy atom. The summed E-state index contributed by atoms with van der Waals surface area (Å²) >= 11 is 3.44. The average molecular weight is 388 g/mol. The van der Waals surface area contributed by atoms with Crippen LogP contribution in [0.5, 0.6) is 5.75 Å². The predicted molar refractivity (Wildman–Crippen MR) is 93.2 cm³/mol. The van der Waals surface area contributed by atoms with Crippen LogP contribution in [0.4, 0.5) is 0 Å². The lowest BCUT2D eigenvalue weighted by Gasteiger charge is -2.25. The normalized spacial score (nSPS) is 23.2. The zero-order chi connectivity index (χ0) is 15.0. The van der Waals surface area contributed by atoms with Gasteiger partial charge >= 0.3 is 0 Å². The van der Waals surface area contributed by atoms with E-state index >= 15 is 0 Å². The van der Waals surface area contributed by atoms with Crippen molar-refractivity contribution >= 4 is 40.3 Å². The summed E-state index contributed by atoms with van der Waals surface area (Å²) in [5.41, 5.74) is 7.51. The molecule has 0 aliphatic carbocycles. The first-order valence-electron chi connectivity index (χ1n) is 7.13. The molecule has 1 fully saturated rings. The van der Waals surface area contributed by atoms with Crippen LogP contribution in [-0.4, -0.2) is 37.0 Å². The number of nitrogens with zero attached hydrogens (tertiary/aromatic N) is 1. The highest BCUT2D eigenvalue weighted by molar-refractivity contribution is 9.10. The Balaban J connectivity index is 0.00000176. The Bertz CT molecular complexity index is 620. The molecule has 3 rings (SSSR count). The maximum absolute atomic E-state index is 12.6. The van der Waals surface area contributed by atoms with Crippen LogP contribution in [0.1, 0.15) is 18.9 Å². The lowest BCUT2D eigenvalue weighted by Crippen LogP contribution is -2.36. The summed E-state index contributed by atoms with van der Waals surface area (Å²) < 4.78 is 6.67. The van der Waals surface area contributed by atoms with Crippen LogP contribution in [0.15, 0.2) is 28.2 Å². The van der Waals surface area contributed by atoms with Crippen molar-refractivity contribution in [3.8, 4) is 5.75 Å². The van der Waals surface area contributed by atoms with Crippen molar-refractivity contribution in [3.05, 3.63) is 33.8 Å². The number of carbonyl (C=O) groups is 1. The van der Waals surface area contributed by atoms with Crippen LogP contribution in [0.3, 0.4) is 0 Å². The minimum Gasteiger partial charge on any atom is -0.488 e. The summed E-state index contributed by atoms with van der Waals surface area (Å²) in [5.74, 6) is 0.890. The minimum absolute atomic E-state index is 0. The molecule has 2 N–H and O–H groups in total. The van der Waals surface area contributed by atoms with Crippen LogP contribution in [0, 0.1) is 5.41 Å². The Kier molecular flexibility index (Phi) is 5.20. The molecule has 0 aromatic heterocycles. The number of nitrogens with two attached hydrogens (primary N) is 1. The highest BCUT2D eigenvalue weighted by Gasteiger charge is 2.36. The molecule has 1 atom stereocenters. The van der Waals surface area contributed by atoms with E-state index in [0.29, 0.717) is 18.7 Å². The first-order chi connectivity index (χ1) is 10.0. The van der Waals surface area contributed by atoms with Crippen LogP contribution in [0.25, 0.3) is 6.08 Å². The topological polar surface area (TPSA) is 55.6 Å². The summed E-state index contributed by atoms with van der Waals surface area (Å²) in [6.07, 6.45) is 2.90. The lowest BCUT2D eigenvalue weighted by molar-refractivity contribution is -0.126. The van der Waals surface area contributed by atoms with Crippen molar-refractivity contribution in [3.63, 3.8) is 0 Å². The number of halogens is 2. The largest absolute Gasteiger partial charge is 0.488 e. The summed E-state index contributed by atoms with van der Waals surface area (Å²) in [6, 6.07) is 5.82. The molecule has 2 aliphatic rings. The van der Waals surface area contributed by atoms with Crippen LogP contribution in [-0.2, 0) is 4.79 Å². The smallest absolute Gasteiger partial charge is 0.253 e. The quantitative estimate of drug-likeness (QED) is 0.849. The second kappa shape index (κ2) is 6.60. The van der Waals surface area contributed by atoms with E-state index in [4.69, 9.17) is 10.5 Å². The monoisotopic (exact) mass is 386 g/mol. The fourth-order valence-corrected chi connectivity index (χ4v) is 3.22. The van der Waals surface area contributed by atoms with Gasteiger partial charge in [0.1, 0.15) is 12.4 Å². The molecule has 2 heterocycles. The Morgan fingerprint density at radius 3 is 2.95 bits per heavy atom. The molecule has 1 amide bonds. The van der Waals surface area contributed by atoms with Gasteiger partial charge in [-0.1, -0.05) is 22.9 Å². The number of amides is 1. The van der Waals surface area contributed by atoms with Gasteiger partial charge in [-0.05, 0) is 42.7 Å². The maximum atomic E-state index is 12.6. The second-order valence-corrected chi connectivity index (χ2v) is 7.05. The maximum Gasteiger partial charge on any atom is 0.253 e. The molecule has 1 unspecified atom stereocenters. The number of benzene rings is 1. The molecular weight excluding hydrogens is 368 g/mol. The van der Waals surface area contributed by atoms with Crippen molar-refractivity contribution in [2.75, 3.05) is 26.2 Å². The Labute approximate surface area is 145 Å². The summed E-state index contributed by atoms with van der Waals surface area (Å²) in [6.45, 7) is 4.59. The van der Waals surface area contributed by atoms with E-state index in [-0.39, 0.29) is 23.7 Å². The molecule has 6 heteroatoms. The van der Waals surface area contributed by atoms with E-state index in [1.165, 1.54) is 0 Å². The summed E-state index contributed by atoms with van der Waals surface area (Å²) in [7, 11) is 0.